The van der Waals surface area contributed by atoms with E-state index in [1.54, 1.807) is 11.8 Å². The summed E-state index contributed by atoms with van der Waals surface area (Å²) in [5, 5.41) is 3.36. The van der Waals surface area contributed by atoms with Gasteiger partial charge in [-0.15, -0.1) is 11.8 Å². The summed E-state index contributed by atoms with van der Waals surface area (Å²) in [5.74, 6) is 1.01. The maximum atomic E-state index is 5.75. The van der Waals surface area contributed by atoms with Crippen LogP contribution in [-0.2, 0) is 0 Å². The number of thioether (sulfide) groups is 1. The van der Waals surface area contributed by atoms with Gasteiger partial charge in [-0.3, -0.25) is 0 Å². The Bertz CT molecular complexity index is 291. The van der Waals surface area contributed by atoms with Crippen molar-refractivity contribution in [3.8, 4) is 5.75 Å². The maximum absolute atomic E-state index is 5.75. The summed E-state index contributed by atoms with van der Waals surface area (Å²) in [5.41, 5.74) is 0. The van der Waals surface area contributed by atoms with Crippen LogP contribution in [0.2, 0.25) is 0 Å². The van der Waals surface area contributed by atoms with Gasteiger partial charge in [0.2, 0.25) is 0 Å². The van der Waals surface area contributed by atoms with Gasteiger partial charge in [0, 0.05) is 4.90 Å². The van der Waals surface area contributed by atoms with Crippen molar-refractivity contribution in [2.24, 2.45) is 0 Å². The zero-order chi connectivity index (χ0) is 11.6. The van der Waals surface area contributed by atoms with Crippen LogP contribution in [0.1, 0.15) is 19.8 Å². The molecule has 0 radical (unpaired) electrons. The highest BCUT2D eigenvalue weighted by Crippen LogP contribution is 2.26. The molecule has 0 saturated heterocycles. The van der Waals surface area contributed by atoms with E-state index in [-0.39, 0.29) is 0 Å². The predicted molar refractivity (Wildman–Crippen MR) is 71.5 cm³/mol. The quantitative estimate of drug-likeness (QED) is 0.556. The van der Waals surface area contributed by atoms with Gasteiger partial charge >= 0.3 is 0 Å². The molecule has 0 unspecified atom stereocenters. The van der Waals surface area contributed by atoms with Crippen molar-refractivity contribution in [1.29, 1.82) is 0 Å². The summed E-state index contributed by atoms with van der Waals surface area (Å²) in [6, 6.07) is 8.19. The van der Waals surface area contributed by atoms with Crippen molar-refractivity contribution in [3.63, 3.8) is 0 Å². The molecule has 16 heavy (non-hydrogen) atoms. The topological polar surface area (TPSA) is 21.3 Å². The second-order valence-electron chi connectivity index (χ2n) is 3.60. The monoisotopic (exact) mass is 239 g/mol. The number of hydrogen-bond donors (Lipinski definition) is 1. The summed E-state index contributed by atoms with van der Waals surface area (Å²) >= 11 is 1.73. The number of rotatable bonds is 8. The maximum Gasteiger partial charge on any atom is 0.132 e. The Labute approximate surface area is 103 Å². The largest absolute Gasteiger partial charge is 0.492 e. The van der Waals surface area contributed by atoms with Crippen LogP contribution >= 0.6 is 11.8 Å². The zero-order valence-corrected chi connectivity index (χ0v) is 11.0. The van der Waals surface area contributed by atoms with E-state index in [1.807, 2.05) is 18.2 Å². The Morgan fingerprint density at radius 1 is 1.25 bits per heavy atom. The van der Waals surface area contributed by atoms with E-state index >= 15 is 0 Å². The third-order valence-electron chi connectivity index (χ3n) is 2.25. The molecule has 1 N–H and O–H groups in total. The SMILES string of the molecule is CCCNCCCOc1ccccc1SC. The van der Waals surface area contributed by atoms with E-state index in [0.29, 0.717) is 0 Å². The van der Waals surface area contributed by atoms with Crippen LogP contribution in [0.4, 0.5) is 0 Å². The number of nitrogens with one attached hydrogen (secondary N) is 1. The third kappa shape index (κ3) is 4.90. The lowest BCUT2D eigenvalue weighted by atomic mass is 10.3. The fourth-order valence-corrected chi connectivity index (χ4v) is 1.96. The molecule has 1 rings (SSSR count). The van der Waals surface area contributed by atoms with Crippen molar-refractivity contribution >= 4 is 11.8 Å². The number of hydrogen-bond acceptors (Lipinski definition) is 3. The lowest BCUT2D eigenvalue weighted by Crippen LogP contribution is -2.18. The van der Waals surface area contributed by atoms with Crippen LogP contribution in [0, 0.1) is 0 Å². The van der Waals surface area contributed by atoms with Gasteiger partial charge in [0.1, 0.15) is 5.75 Å². The van der Waals surface area contributed by atoms with Gasteiger partial charge in [-0.05, 0) is 44.3 Å². The summed E-state index contributed by atoms with van der Waals surface area (Å²) < 4.78 is 5.75. The molecule has 0 saturated carbocycles. The minimum Gasteiger partial charge on any atom is -0.492 e. The molecule has 0 aliphatic heterocycles. The molecular weight excluding hydrogens is 218 g/mol. The highest BCUT2D eigenvalue weighted by molar-refractivity contribution is 7.98. The molecule has 0 fully saturated rings. The first-order valence-corrected chi connectivity index (χ1v) is 7.07. The molecule has 1 aromatic rings. The zero-order valence-electron chi connectivity index (χ0n) is 10.2. The molecular formula is C13H21NOS. The molecule has 0 atom stereocenters. The van der Waals surface area contributed by atoms with Crippen molar-refractivity contribution in [3.05, 3.63) is 24.3 Å². The second kappa shape index (κ2) is 8.48. The standard InChI is InChI=1S/C13H21NOS/c1-3-9-14-10-6-11-15-12-7-4-5-8-13(12)16-2/h4-5,7-8,14H,3,6,9-11H2,1-2H3. The van der Waals surface area contributed by atoms with Crippen molar-refractivity contribution in [2.45, 2.75) is 24.7 Å². The number of para-hydroxylation sites is 1. The molecule has 2 nitrogen and oxygen atoms in total. The van der Waals surface area contributed by atoms with Crippen LogP contribution < -0.4 is 10.1 Å². The van der Waals surface area contributed by atoms with E-state index in [2.05, 4.69) is 24.6 Å². The van der Waals surface area contributed by atoms with Gasteiger partial charge < -0.3 is 10.1 Å². The van der Waals surface area contributed by atoms with Gasteiger partial charge in [0.15, 0.2) is 0 Å². The van der Waals surface area contributed by atoms with Gasteiger partial charge in [-0.25, -0.2) is 0 Å². The molecule has 0 bridgehead atoms. The smallest absolute Gasteiger partial charge is 0.132 e. The van der Waals surface area contributed by atoms with Crippen LogP contribution in [0.3, 0.4) is 0 Å². The first-order chi connectivity index (χ1) is 7.88. The third-order valence-corrected chi connectivity index (χ3v) is 3.03. The number of ether oxygens (including phenoxy) is 1. The minimum atomic E-state index is 0.786. The summed E-state index contributed by atoms with van der Waals surface area (Å²) in [6.45, 7) is 5.10. The van der Waals surface area contributed by atoms with E-state index in [1.165, 1.54) is 11.3 Å². The Morgan fingerprint density at radius 2 is 2.06 bits per heavy atom. The molecule has 0 heterocycles. The molecule has 0 aliphatic carbocycles. The molecule has 0 amide bonds. The van der Waals surface area contributed by atoms with Crippen molar-refractivity contribution in [2.75, 3.05) is 26.0 Å². The minimum absolute atomic E-state index is 0.786. The van der Waals surface area contributed by atoms with Gasteiger partial charge in [0.25, 0.3) is 0 Å². The summed E-state index contributed by atoms with van der Waals surface area (Å²) in [7, 11) is 0. The van der Waals surface area contributed by atoms with Crippen LogP contribution in [0.15, 0.2) is 29.2 Å². The van der Waals surface area contributed by atoms with Gasteiger partial charge in [-0.2, -0.15) is 0 Å². The highest BCUT2D eigenvalue weighted by Gasteiger charge is 2.00. The molecule has 0 aromatic heterocycles. The molecule has 1 aromatic carbocycles. The normalized spacial score (nSPS) is 10.4. The lowest BCUT2D eigenvalue weighted by Gasteiger charge is -2.09. The van der Waals surface area contributed by atoms with Gasteiger partial charge in [0.05, 0.1) is 6.61 Å². The second-order valence-corrected chi connectivity index (χ2v) is 4.45. The first-order valence-electron chi connectivity index (χ1n) is 5.85. The van der Waals surface area contributed by atoms with Crippen LogP contribution in [-0.4, -0.2) is 26.0 Å². The summed E-state index contributed by atoms with van der Waals surface area (Å²) in [6.07, 6.45) is 4.32. The lowest BCUT2D eigenvalue weighted by molar-refractivity contribution is 0.301. The fourth-order valence-electron chi connectivity index (χ4n) is 1.42. The average molecular weight is 239 g/mol. The first kappa shape index (κ1) is 13.4. The van der Waals surface area contributed by atoms with Crippen molar-refractivity contribution < 1.29 is 4.74 Å². The highest BCUT2D eigenvalue weighted by atomic mass is 32.2. The Balaban J connectivity index is 2.21. The van der Waals surface area contributed by atoms with Crippen molar-refractivity contribution in [1.82, 2.24) is 5.32 Å². The van der Waals surface area contributed by atoms with E-state index in [4.69, 9.17) is 4.74 Å². The average Bonchev–Trinajstić information content (AvgIpc) is 2.34. The van der Waals surface area contributed by atoms with E-state index < -0.39 is 0 Å². The van der Waals surface area contributed by atoms with Crippen LogP contribution in [0.25, 0.3) is 0 Å². The fraction of sp³-hybridized carbons (Fsp3) is 0.538. The van der Waals surface area contributed by atoms with E-state index in [0.717, 1.165) is 31.9 Å². The van der Waals surface area contributed by atoms with Crippen LogP contribution in [0.5, 0.6) is 5.75 Å². The Morgan fingerprint density at radius 3 is 2.81 bits per heavy atom. The summed E-state index contributed by atoms with van der Waals surface area (Å²) in [4.78, 5) is 1.21. The molecule has 90 valence electrons. The Kier molecular flexibility index (Phi) is 7.10. The molecule has 0 aliphatic rings. The number of benzene rings is 1. The van der Waals surface area contributed by atoms with Gasteiger partial charge in [-0.1, -0.05) is 19.1 Å². The Hall–Kier alpha value is -0.670. The van der Waals surface area contributed by atoms with E-state index in [9.17, 15) is 0 Å². The predicted octanol–water partition coefficient (Wildman–Crippen LogP) is 3.18. The molecule has 3 heteroatoms. The molecule has 0 spiro atoms.